The van der Waals surface area contributed by atoms with Crippen molar-refractivity contribution in [2.45, 2.75) is 32.1 Å². The van der Waals surface area contributed by atoms with E-state index in [0.29, 0.717) is 32.5 Å². The van der Waals surface area contributed by atoms with E-state index < -0.39 is 0 Å². The van der Waals surface area contributed by atoms with Crippen LogP contribution in [-0.4, -0.2) is 43.0 Å². The number of carbonyl (C=O) groups excluding carboxylic acids is 2. The van der Waals surface area contributed by atoms with E-state index in [0.717, 1.165) is 12.3 Å². The lowest BCUT2D eigenvalue weighted by atomic mass is 9.96. The van der Waals surface area contributed by atoms with Gasteiger partial charge < -0.3 is 9.64 Å². The first kappa shape index (κ1) is 14.3. The third-order valence-electron chi connectivity index (χ3n) is 3.95. The van der Waals surface area contributed by atoms with Crippen molar-refractivity contribution in [2.75, 3.05) is 26.3 Å². The summed E-state index contributed by atoms with van der Waals surface area (Å²) in [5, 5.41) is 0. The molecule has 1 heterocycles. The molecule has 3 N–H and O–H groups in total. The predicted molar refractivity (Wildman–Crippen MR) is 69.8 cm³/mol. The molecule has 0 spiro atoms. The Morgan fingerprint density at radius 1 is 1.21 bits per heavy atom. The second kappa shape index (κ2) is 6.86. The summed E-state index contributed by atoms with van der Waals surface area (Å²) in [5.74, 6) is 5.77. The minimum absolute atomic E-state index is 0.0300. The molecule has 0 aromatic carbocycles. The number of rotatable bonds is 6. The monoisotopic (exact) mass is 269 g/mol. The lowest BCUT2D eigenvalue weighted by molar-refractivity contribution is -0.139. The Morgan fingerprint density at radius 2 is 1.89 bits per heavy atom. The molecule has 2 aliphatic rings. The molecule has 0 radical (unpaired) electrons. The highest BCUT2D eigenvalue weighted by atomic mass is 16.5. The number of carbonyl (C=O) groups is 2. The molecular weight excluding hydrogens is 246 g/mol. The summed E-state index contributed by atoms with van der Waals surface area (Å²) in [5.41, 5.74) is 2.17. The summed E-state index contributed by atoms with van der Waals surface area (Å²) >= 11 is 0. The maximum atomic E-state index is 11.9. The summed E-state index contributed by atoms with van der Waals surface area (Å²) in [4.78, 5) is 25.0. The van der Waals surface area contributed by atoms with Crippen LogP contribution >= 0.6 is 0 Å². The molecule has 1 aliphatic heterocycles. The van der Waals surface area contributed by atoms with Gasteiger partial charge in [0.05, 0.1) is 0 Å². The van der Waals surface area contributed by atoms with Gasteiger partial charge >= 0.3 is 0 Å². The van der Waals surface area contributed by atoms with Crippen LogP contribution in [0.5, 0.6) is 0 Å². The number of piperidine rings is 1. The first-order chi connectivity index (χ1) is 9.20. The predicted octanol–water partition coefficient (Wildman–Crippen LogP) is 0.0316. The van der Waals surface area contributed by atoms with Crippen LogP contribution in [0.3, 0.4) is 0 Å². The maximum absolute atomic E-state index is 11.9. The number of nitrogens with one attached hydrogen (secondary N) is 1. The number of likely N-dealkylation sites (tertiary alicyclic amines) is 1. The first-order valence-electron chi connectivity index (χ1n) is 7.06. The Hall–Kier alpha value is -1.14. The Labute approximate surface area is 113 Å². The fraction of sp³-hybridized carbons (Fsp3) is 0.846. The number of nitrogens with zero attached hydrogens (tertiary/aromatic N) is 1. The van der Waals surface area contributed by atoms with Gasteiger partial charge in [-0.05, 0) is 25.2 Å². The Morgan fingerprint density at radius 3 is 2.47 bits per heavy atom. The molecular formula is C13H23N3O3. The van der Waals surface area contributed by atoms with Crippen molar-refractivity contribution < 1.29 is 14.3 Å². The molecule has 1 saturated heterocycles. The van der Waals surface area contributed by atoms with Crippen LogP contribution in [0.4, 0.5) is 0 Å². The van der Waals surface area contributed by atoms with E-state index in [1.165, 1.54) is 12.8 Å². The second-order valence-electron chi connectivity index (χ2n) is 5.45. The number of hydrogen-bond acceptors (Lipinski definition) is 4. The topological polar surface area (TPSA) is 84.7 Å². The van der Waals surface area contributed by atoms with Gasteiger partial charge in [-0.1, -0.05) is 12.8 Å². The van der Waals surface area contributed by atoms with E-state index in [4.69, 9.17) is 10.6 Å². The summed E-state index contributed by atoms with van der Waals surface area (Å²) in [6, 6.07) is 0. The fourth-order valence-electron chi connectivity index (χ4n) is 2.42. The van der Waals surface area contributed by atoms with Gasteiger partial charge in [0.1, 0.15) is 6.61 Å². The average molecular weight is 269 g/mol. The fourth-order valence-corrected chi connectivity index (χ4v) is 2.42. The molecule has 2 rings (SSSR count). The number of nitrogens with two attached hydrogens (primary N) is 1. The molecule has 6 nitrogen and oxygen atoms in total. The summed E-state index contributed by atoms with van der Waals surface area (Å²) in [7, 11) is 0. The van der Waals surface area contributed by atoms with Gasteiger partial charge in [0, 0.05) is 25.6 Å². The summed E-state index contributed by atoms with van der Waals surface area (Å²) < 4.78 is 5.40. The van der Waals surface area contributed by atoms with E-state index in [9.17, 15) is 9.59 Å². The molecule has 0 unspecified atom stereocenters. The third kappa shape index (κ3) is 4.47. The van der Waals surface area contributed by atoms with E-state index in [-0.39, 0.29) is 24.3 Å². The summed E-state index contributed by atoms with van der Waals surface area (Å²) in [6.07, 6.45) is 5.06. The van der Waals surface area contributed by atoms with Gasteiger partial charge in [0.25, 0.3) is 0 Å². The summed E-state index contributed by atoms with van der Waals surface area (Å²) in [6.45, 7) is 2.08. The first-order valence-corrected chi connectivity index (χ1v) is 7.06. The quantitative estimate of drug-likeness (QED) is 0.308. The molecule has 6 heteroatoms. The van der Waals surface area contributed by atoms with E-state index in [1.807, 2.05) is 0 Å². The molecule has 0 aromatic heterocycles. The standard InChI is InChI=1S/C13H23N3O3/c14-15-13(18)11-3-6-16(7-4-11)12(17)9-19-8-5-10-1-2-10/h10-11H,1-9,14H2,(H,15,18). The number of hydrogen-bond donors (Lipinski definition) is 2. The van der Waals surface area contributed by atoms with Crippen molar-refractivity contribution in [1.29, 1.82) is 0 Å². The zero-order chi connectivity index (χ0) is 13.7. The Kier molecular flexibility index (Phi) is 5.15. The minimum atomic E-state index is -0.132. The van der Waals surface area contributed by atoms with Crippen LogP contribution in [-0.2, 0) is 14.3 Å². The number of hydrazine groups is 1. The van der Waals surface area contributed by atoms with E-state index in [1.54, 1.807) is 4.90 Å². The van der Waals surface area contributed by atoms with Crippen molar-refractivity contribution in [3.8, 4) is 0 Å². The molecule has 0 atom stereocenters. The maximum Gasteiger partial charge on any atom is 0.248 e. The lowest BCUT2D eigenvalue weighted by Crippen LogP contribution is -2.45. The van der Waals surface area contributed by atoms with Crippen LogP contribution in [0.2, 0.25) is 0 Å². The van der Waals surface area contributed by atoms with Crippen LogP contribution < -0.4 is 11.3 Å². The molecule has 2 amide bonds. The highest BCUT2D eigenvalue weighted by Crippen LogP contribution is 2.32. The van der Waals surface area contributed by atoms with Gasteiger partial charge in [0.15, 0.2) is 0 Å². The van der Waals surface area contributed by atoms with Crippen molar-refractivity contribution in [1.82, 2.24) is 10.3 Å². The highest BCUT2D eigenvalue weighted by molar-refractivity contribution is 5.80. The van der Waals surface area contributed by atoms with E-state index in [2.05, 4.69) is 5.43 Å². The van der Waals surface area contributed by atoms with Gasteiger partial charge in [0.2, 0.25) is 11.8 Å². The zero-order valence-corrected chi connectivity index (χ0v) is 11.3. The molecule has 108 valence electrons. The average Bonchev–Trinajstić information content (AvgIpc) is 3.27. The number of ether oxygens (including phenoxy) is 1. The normalized spacial score (nSPS) is 20.4. The van der Waals surface area contributed by atoms with Gasteiger partial charge in [-0.2, -0.15) is 0 Å². The second-order valence-corrected chi connectivity index (χ2v) is 5.45. The molecule has 1 saturated carbocycles. The number of amides is 2. The SMILES string of the molecule is NNC(=O)C1CCN(C(=O)COCCC2CC2)CC1. The van der Waals surface area contributed by atoms with Gasteiger partial charge in [-0.25, -0.2) is 5.84 Å². The van der Waals surface area contributed by atoms with Crippen LogP contribution in [0.25, 0.3) is 0 Å². The smallest absolute Gasteiger partial charge is 0.248 e. The van der Waals surface area contributed by atoms with Crippen molar-refractivity contribution in [3.63, 3.8) is 0 Å². The Bertz CT molecular complexity index is 323. The highest BCUT2D eigenvalue weighted by Gasteiger charge is 2.27. The van der Waals surface area contributed by atoms with Crippen LogP contribution in [0.15, 0.2) is 0 Å². The van der Waals surface area contributed by atoms with Crippen molar-refractivity contribution in [2.24, 2.45) is 17.7 Å². The van der Waals surface area contributed by atoms with Gasteiger partial charge in [-0.3, -0.25) is 15.0 Å². The van der Waals surface area contributed by atoms with Crippen LogP contribution in [0, 0.1) is 11.8 Å². The van der Waals surface area contributed by atoms with Crippen molar-refractivity contribution >= 4 is 11.8 Å². The molecule has 0 bridgehead atoms. The molecule has 2 fully saturated rings. The Balaban J connectivity index is 1.59. The lowest BCUT2D eigenvalue weighted by Gasteiger charge is -2.30. The molecule has 1 aliphatic carbocycles. The van der Waals surface area contributed by atoms with Crippen molar-refractivity contribution in [3.05, 3.63) is 0 Å². The third-order valence-corrected chi connectivity index (χ3v) is 3.95. The molecule has 0 aromatic rings. The van der Waals surface area contributed by atoms with Crippen LogP contribution in [0.1, 0.15) is 32.1 Å². The minimum Gasteiger partial charge on any atom is -0.372 e. The van der Waals surface area contributed by atoms with Gasteiger partial charge in [-0.15, -0.1) is 0 Å². The van der Waals surface area contributed by atoms with E-state index >= 15 is 0 Å². The zero-order valence-electron chi connectivity index (χ0n) is 11.3. The largest absolute Gasteiger partial charge is 0.372 e. The molecule has 19 heavy (non-hydrogen) atoms.